The summed E-state index contributed by atoms with van der Waals surface area (Å²) in [5.74, 6) is 0. The van der Waals surface area contributed by atoms with E-state index in [1.165, 1.54) is 15.6 Å². The van der Waals surface area contributed by atoms with Crippen LogP contribution in [0, 0.1) is 13.8 Å². The first-order valence-electron chi connectivity index (χ1n) is 7.65. The van der Waals surface area contributed by atoms with Gasteiger partial charge in [-0.2, -0.15) is 0 Å². The molecule has 0 atom stereocenters. The maximum absolute atomic E-state index is 11.1. The zero-order valence-corrected chi connectivity index (χ0v) is 17.3. The molecule has 0 radical (unpaired) electrons. The Morgan fingerprint density at radius 1 is 0.917 bits per heavy atom. The van der Waals surface area contributed by atoms with Crippen molar-refractivity contribution >= 4 is 28.1 Å². The smallest absolute Gasteiger partial charge is 0.417 e. The summed E-state index contributed by atoms with van der Waals surface area (Å²) in [6.07, 6.45) is -1.62. The summed E-state index contributed by atoms with van der Waals surface area (Å²) >= 11 is 3.45. The van der Waals surface area contributed by atoms with Crippen molar-refractivity contribution in [2.45, 2.75) is 66.6 Å². The normalized spacial score (nSPS) is 11.0. The van der Waals surface area contributed by atoms with Crippen LogP contribution in [0.4, 0.5) is 9.59 Å². The minimum atomic E-state index is -0.809. The highest BCUT2D eigenvalue weighted by molar-refractivity contribution is 9.10. The first-order chi connectivity index (χ1) is 10.7. The number of benzene rings is 1. The highest BCUT2D eigenvalue weighted by Gasteiger charge is 2.21. The van der Waals surface area contributed by atoms with Crippen molar-refractivity contribution in [2.24, 2.45) is 0 Å². The van der Waals surface area contributed by atoms with E-state index in [1.54, 1.807) is 41.5 Å². The van der Waals surface area contributed by atoms with E-state index in [0.29, 0.717) is 0 Å². The van der Waals surface area contributed by atoms with Crippen LogP contribution in [0.1, 0.15) is 52.7 Å². The molecule has 0 aliphatic carbocycles. The van der Waals surface area contributed by atoms with Gasteiger partial charge < -0.3 is 9.47 Å². The van der Waals surface area contributed by atoms with Crippen molar-refractivity contribution in [3.8, 4) is 0 Å². The Bertz CT molecular complexity index is 545. The largest absolute Gasteiger partial charge is 0.443 e. The summed E-state index contributed by atoms with van der Waals surface area (Å²) < 4.78 is 10.9. The predicted molar refractivity (Wildman–Crippen MR) is 99.2 cm³/mol. The maximum atomic E-state index is 11.1. The van der Waals surface area contributed by atoms with Crippen molar-refractivity contribution in [3.63, 3.8) is 0 Å². The van der Waals surface area contributed by atoms with Gasteiger partial charge in [0.05, 0.1) is 0 Å². The quantitative estimate of drug-likeness (QED) is 0.621. The summed E-state index contributed by atoms with van der Waals surface area (Å²) in [6, 6.07) is 6.34. The molecule has 1 rings (SSSR count). The third-order valence-electron chi connectivity index (χ3n) is 2.33. The van der Waals surface area contributed by atoms with Crippen molar-refractivity contribution in [1.82, 2.24) is 5.32 Å². The molecule has 0 saturated carbocycles. The zero-order valence-electron chi connectivity index (χ0n) is 15.7. The molecule has 0 spiro atoms. The number of imide groups is 1. The number of hydrogen-bond acceptors (Lipinski definition) is 4. The van der Waals surface area contributed by atoms with Crippen LogP contribution in [0.25, 0.3) is 0 Å². The molecule has 2 amide bonds. The van der Waals surface area contributed by atoms with Crippen molar-refractivity contribution in [2.75, 3.05) is 0 Å². The van der Waals surface area contributed by atoms with Crippen molar-refractivity contribution in [3.05, 3.63) is 33.8 Å². The van der Waals surface area contributed by atoms with Crippen molar-refractivity contribution in [1.29, 1.82) is 0 Å². The number of nitrogens with one attached hydrogen (secondary N) is 1. The number of alkyl carbamates (subject to hydrolysis) is 2. The van der Waals surface area contributed by atoms with Crippen LogP contribution in [0.5, 0.6) is 0 Å². The first-order valence-corrected chi connectivity index (χ1v) is 8.44. The van der Waals surface area contributed by atoms with Gasteiger partial charge in [-0.25, -0.2) is 14.9 Å². The van der Waals surface area contributed by atoms with Crippen molar-refractivity contribution < 1.29 is 19.1 Å². The third kappa shape index (κ3) is 11.9. The van der Waals surface area contributed by atoms with Gasteiger partial charge in [0.2, 0.25) is 0 Å². The summed E-state index contributed by atoms with van der Waals surface area (Å²) in [5, 5.41) is 1.97. The average molecular weight is 402 g/mol. The highest BCUT2D eigenvalue weighted by atomic mass is 79.9. The summed E-state index contributed by atoms with van der Waals surface area (Å²) in [5.41, 5.74) is 1.33. The van der Waals surface area contributed by atoms with Gasteiger partial charge >= 0.3 is 12.2 Å². The number of rotatable bonds is 0. The standard InChI is InChI=1S/C10H19NO4.C8H9Br/c1-9(2,3)14-7(12)11-8(13)15-10(4,5)6;1-6-3-4-7(2)8(9)5-6/h1-6H3,(H,11,12,13);3-5H,1-2H3. The van der Waals surface area contributed by atoms with Gasteiger partial charge in [0.15, 0.2) is 0 Å². The first kappa shape index (κ1) is 22.4. The van der Waals surface area contributed by atoms with Crippen LogP contribution < -0.4 is 5.32 Å². The van der Waals surface area contributed by atoms with Gasteiger partial charge in [0, 0.05) is 4.47 Å². The van der Waals surface area contributed by atoms with E-state index in [9.17, 15) is 9.59 Å². The Hall–Kier alpha value is -1.56. The van der Waals surface area contributed by atoms with E-state index in [0.717, 1.165) is 0 Å². The summed E-state index contributed by atoms with van der Waals surface area (Å²) in [7, 11) is 0. The molecule has 0 bridgehead atoms. The van der Waals surface area contributed by atoms with E-state index >= 15 is 0 Å². The van der Waals surface area contributed by atoms with Crippen LogP contribution in [-0.2, 0) is 9.47 Å². The molecular formula is C18H28BrNO4. The van der Waals surface area contributed by atoms with E-state index in [2.05, 4.69) is 48.0 Å². The second-order valence-corrected chi connectivity index (χ2v) is 8.24. The molecule has 0 fully saturated rings. The van der Waals surface area contributed by atoms with Crippen LogP contribution in [0.3, 0.4) is 0 Å². The molecule has 0 aliphatic rings. The second-order valence-electron chi connectivity index (χ2n) is 7.38. The Morgan fingerprint density at radius 3 is 1.62 bits per heavy atom. The minimum Gasteiger partial charge on any atom is -0.443 e. The lowest BCUT2D eigenvalue weighted by Crippen LogP contribution is -2.39. The van der Waals surface area contributed by atoms with Gasteiger partial charge in [-0.1, -0.05) is 28.1 Å². The molecule has 6 heteroatoms. The van der Waals surface area contributed by atoms with Gasteiger partial charge in [-0.05, 0) is 72.6 Å². The van der Waals surface area contributed by atoms with Gasteiger partial charge in [-0.3, -0.25) is 0 Å². The average Bonchev–Trinajstić information content (AvgIpc) is 2.29. The number of ether oxygens (including phenoxy) is 2. The Morgan fingerprint density at radius 2 is 1.33 bits per heavy atom. The molecule has 136 valence electrons. The zero-order chi connectivity index (χ0) is 19.1. The van der Waals surface area contributed by atoms with Gasteiger partial charge in [-0.15, -0.1) is 0 Å². The number of hydrogen-bond donors (Lipinski definition) is 1. The molecule has 0 aromatic heterocycles. The summed E-state index contributed by atoms with van der Waals surface area (Å²) in [6.45, 7) is 14.4. The second kappa shape index (κ2) is 9.06. The van der Waals surface area contributed by atoms with E-state index in [1.807, 2.05) is 5.32 Å². The van der Waals surface area contributed by atoms with Crippen LogP contribution in [0.2, 0.25) is 0 Å². The molecule has 24 heavy (non-hydrogen) atoms. The SMILES string of the molecule is CC(C)(C)OC(=O)NC(=O)OC(C)(C)C.Cc1ccc(C)c(Br)c1. The molecule has 0 heterocycles. The number of halogens is 1. The Labute approximate surface area is 153 Å². The lowest BCUT2D eigenvalue weighted by Gasteiger charge is -2.21. The topological polar surface area (TPSA) is 64.6 Å². The lowest BCUT2D eigenvalue weighted by atomic mass is 10.2. The number of carbonyl (C=O) groups is 2. The number of amides is 2. The van der Waals surface area contributed by atoms with Gasteiger partial charge in [0.1, 0.15) is 11.2 Å². The molecule has 0 saturated heterocycles. The Kier molecular flexibility index (Phi) is 8.47. The summed E-state index contributed by atoms with van der Waals surface area (Å²) in [4.78, 5) is 22.2. The van der Waals surface area contributed by atoms with Gasteiger partial charge in [0.25, 0.3) is 0 Å². The van der Waals surface area contributed by atoms with Crippen LogP contribution >= 0.6 is 15.9 Å². The van der Waals surface area contributed by atoms with Crippen LogP contribution in [-0.4, -0.2) is 23.4 Å². The predicted octanol–water partition coefficient (Wildman–Crippen LogP) is 5.51. The van der Waals surface area contributed by atoms with Crippen LogP contribution in [0.15, 0.2) is 22.7 Å². The number of carbonyl (C=O) groups excluding carboxylic acids is 2. The molecular weight excluding hydrogens is 374 g/mol. The molecule has 1 aromatic rings. The molecule has 0 aliphatic heterocycles. The molecule has 1 aromatic carbocycles. The lowest BCUT2D eigenvalue weighted by molar-refractivity contribution is 0.0353. The Balaban J connectivity index is 0.000000496. The monoisotopic (exact) mass is 401 g/mol. The molecule has 1 N–H and O–H groups in total. The molecule has 0 unspecified atom stereocenters. The third-order valence-corrected chi connectivity index (χ3v) is 3.18. The molecule has 5 nitrogen and oxygen atoms in total. The fourth-order valence-corrected chi connectivity index (χ4v) is 1.88. The fraction of sp³-hybridized carbons (Fsp3) is 0.556. The maximum Gasteiger partial charge on any atom is 0.417 e. The minimum absolute atomic E-state index is 0.633. The fourth-order valence-electron chi connectivity index (χ4n) is 1.39. The van der Waals surface area contributed by atoms with E-state index in [4.69, 9.17) is 9.47 Å². The highest BCUT2D eigenvalue weighted by Crippen LogP contribution is 2.16. The van der Waals surface area contributed by atoms with E-state index < -0.39 is 23.4 Å². The van der Waals surface area contributed by atoms with E-state index in [-0.39, 0.29) is 0 Å². The number of aryl methyl sites for hydroxylation is 2.